The van der Waals surface area contributed by atoms with Crippen molar-refractivity contribution in [2.75, 3.05) is 169 Å². The molecule has 113 heavy (non-hydrogen) atoms. The van der Waals surface area contributed by atoms with E-state index >= 15 is 0 Å². The Hall–Kier alpha value is -12.3. The van der Waals surface area contributed by atoms with Crippen LogP contribution in [0.25, 0.3) is 89.7 Å². The molecule has 0 radical (unpaired) electrons. The van der Waals surface area contributed by atoms with E-state index in [1.165, 1.54) is 31.2 Å². The lowest BCUT2D eigenvalue weighted by Gasteiger charge is -2.27. The number of methoxy groups -OCH3 is 2. The van der Waals surface area contributed by atoms with Crippen LogP contribution in [-0.2, 0) is 23.7 Å². The number of morpholine rings is 4. The summed E-state index contributed by atoms with van der Waals surface area (Å²) in [5.74, 6) is 5.22. The Kier molecular flexibility index (Phi) is 22.1. The summed E-state index contributed by atoms with van der Waals surface area (Å²) in [5.41, 5.74) is 35.7. The van der Waals surface area contributed by atoms with Crippen LogP contribution in [-0.4, -0.2) is 244 Å². The molecule has 6 aliphatic rings. The van der Waals surface area contributed by atoms with E-state index in [2.05, 4.69) is 133 Å². The number of nitrogens with zero attached hydrogens (tertiary/aromatic N) is 28. The number of nitrogens with two attached hydrogens (primary N) is 4. The molecule has 13 aromatic rings. The van der Waals surface area contributed by atoms with Gasteiger partial charge >= 0.3 is 0 Å². The van der Waals surface area contributed by atoms with Gasteiger partial charge in [0.25, 0.3) is 0 Å². The molecule has 6 fully saturated rings. The molecular weight excluding hydrogens is 1450 g/mol. The first-order chi connectivity index (χ1) is 55.2. The SMILES string of the molecule is CC(C1CC1)n1cnc2c(-c3cnc(N)nc3)nc(N3CCOCC3)nc21.CC(c1ccccc1)n1cnc2c(-c3cnc(N)nc3)nc(N3CCOCC3)nc21.COCC(C)n1cnc2c(-c3cnc(N)nc3)nc(N3CCOCC3)nc21.COc1nc(N)ncc1-c1nc(N2CCOCC2)nc2c1ncn2C(C)C1CC1. The third kappa shape index (κ3) is 16.3. The summed E-state index contributed by atoms with van der Waals surface area (Å²) >= 11 is 0. The van der Waals surface area contributed by atoms with E-state index in [1.807, 2.05) is 41.7 Å². The van der Waals surface area contributed by atoms with E-state index < -0.39 is 0 Å². The summed E-state index contributed by atoms with van der Waals surface area (Å²) in [5, 5.41) is 0. The lowest BCUT2D eigenvalue weighted by atomic mass is 10.1. The smallest absolute Gasteiger partial charge is 0.228 e. The van der Waals surface area contributed by atoms with E-state index in [0.29, 0.717) is 152 Å². The van der Waals surface area contributed by atoms with E-state index in [-0.39, 0.29) is 35.9 Å². The molecule has 4 unspecified atom stereocenters. The van der Waals surface area contributed by atoms with Crippen molar-refractivity contribution < 1.29 is 28.4 Å². The highest BCUT2D eigenvalue weighted by Crippen LogP contribution is 2.44. The van der Waals surface area contributed by atoms with Gasteiger partial charge < -0.3 is 89.2 Å². The second-order valence-corrected chi connectivity index (χ2v) is 28.4. The molecule has 12 aromatic heterocycles. The van der Waals surface area contributed by atoms with Crippen molar-refractivity contribution in [2.24, 2.45) is 11.8 Å². The Balaban J connectivity index is 0.000000114. The molecule has 38 nitrogen and oxygen atoms in total. The minimum atomic E-state index is 0.0687. The van der Waals surface area contributed by atoms with Gasteiger partial charge in [0.2, 0.25) is 53.5 Å². The van der Waals surface area contributed by atoms with Crippen LogP contribution >= 0.6 is 0 Å². The van der Waals surface area contributed by atoms with Gasteiger partial charge in [0.1, 0.15) is 44.8 Å². The van der Waals surface area contributed by atoms with Crippen LogP contribution in [0.1, 0.15) is 83.1 Å². The molecule has 16 heterocycles. The third-order valence-corrected chi connectivity index (χ3v) is 20.9. The molecular formula is C75H90N32O6. The molecule has 0 amide bonds. The molecule has 4 saturated heterocycles. The van der Waals surface area contributed by atoms with Crippen molar-refractivity contribution in [1.82, 2.24) is 118 Å². The average Bonchev–Trinajstić information content (AvgIpc) is 1.67. The van der Waals surface area contributed by atoms with Crippen molar-refractivity contribution in [3.63, 3.8) is 0 Å². The number of benzene rings is 1. The molecule has 2 saturated carbocycles. The van der Waals surface area contributed by atoms with Gasteiger partial charge in [0.05, 0.1) is 110 Å². The van der Waals surface area contributed by atoms with E-state index in [0.717, 1.165) is 103 Å². The zero-order chi connectivity index (χ0) is 77.6. The Morgan fingerprint density at radius 2 is 0.708 bits per heavy atom. The van der Waals surface area contributed by atoms with E-state index in [1.54, 1.807) is 63.9 Å². The third-order valence-electron chi connectivity index (χ3n) is 20.9. The van der Waals surface area contributed by atoms with Gasteiger partial charge in [-0.2, -0.15) is 24.9 Å². The van der Waals surface area contributed by atoms with E-state index in [4.69, 9.17) is 91.2 Å². The largest absolute Gasteiger partial charge is 0.480 e. The molecule has 0 spiro atoms. The molecule has 4 atom stereocenters. The normalized spacial score (nSPS) is 17.1. The number of nitrogen functional groups attached to an aromatic ring is 4. The molecule has 1 aromatic carbocycles. The number of hydrogen-bond acceptors (Lipinski definition) is 34. The number of anilines is 8. The van der Waals surface area contributed by atoms with Gasteiger partial charge in [-0.25, -0.2) is 74.8 Å². The van der Waals surface area contributed by atoms with Gasteiger partial charge in [-0.1, -0.05) is 30.3 Å². The first-order valence-electron chi connectivity index (χ1n) is 38.0. The highest BCUT2D eigenvalue weighted by molar-refractivity contribution is 5.92. The monoisotopic (exact) mass is 1530 g/mol. The topological polar surface area (TPSA) is 450 Å². The summed E-state index contributed by atoms with van der Waals surface area (Å²) in [6, 6.07) is 11.2. The van der Waals surface area contributed by atoms with Crippen LogP contribution in [0.5, 0.6) is 5.88 Å². The van der Waals surface area contributed by atoms with Crippen molar-refractivity contribution in [3.05, 3.63) is 105 Å². The molecule has 4 aliphatic heterocycles. The van der Waals surface area contributed by atoms with Gasteiger partial charge in [-0.15, -0.1) is 0 Å². The van der Waals surface area contributed by atoms with Gasteiger partial charge in [-0.05, 0) is 70.8 Å². The first-order valence-corrected chi connectivity index (χ1v) is 38.0. The van der Waals surface area contributed by atoms with Crippen LogP contribution in [0.15, 0.2) is 99.0 Å². The predicted octanol–water partition coefficient (Wildman–Crippen LogP) is 6.58. The van der Waals surface area contributed by atoms with Crippen LogP contribution < -0.4 is 47.3 Å². The lowest BCUT2D eigenvalue weighted by Crippen LogP contribution is -2.37. The minimum absolute atomic E-state index is 0.0687. The number of rotatable bonds is 18. The highest BCUT2D eigenvalue weighted by atomic mass is 16.5. The number of ether oxygens (including phenoxy) is 6. The second-order valence-electron chi connectivity index (χ2n) is 28.4. The number of hydrogen-bond donors (Lipinski definition) is 4. The maximum Gasteiger partial charge on any atom is 0.228 e. The first kappa shape index (κ1) is 74.8. The Labute approximate surface area is 649 Å². The summed E-state index contributed by atoms with van der Waals surface area (Å²) < 4.78 is 41.1. The maximum absolute atomic E-state index is 5.75. The fourth-order valence-corrected chi connectivity index (χ4v) is 14.1. The van der Waals surface area contributed by atoms with Crippen molar-refractivity contribution >= 4 is 92.2 Å². The van der Waals surface area contributed by atoms with Gasteiger partial charge in [-0.3, -0.25) is 0 Å². The zero-order valence-corrected chi connectivity index (χ0v) is 63.8. The Bertz CT molecular complexity index is 5410. The quantitative estimate of drug-likeness (QED) is 0.0705. The predicted molar refractivity (Wildman–Crippen MR) is 423 cm³/mol. The fraction of sp³-hybridized carbons (Fsp3) is 0.440. The lowest BCUT2D eigenvalue weighted by molar-refractivity contribution is 0.122. The molecule has 0 bridgehead atoms. The maximum atomic E-state index is 5.75. The van der Waals surface area contributed by atoms with Crippen molar-refractivity contribution in [2.45, 2.75) is 77.5 Å². The minimum Gasteiger partial charge on any atom is -0.480 e. The Morgan fingerprint density at radius 1 is 0.381 bits per heavy atom. The van der Waals surface area contributed by atoms with Crippen LogP contribution in [0.3, 0.4) is 0 Å². The van der Waals surface area contributed by atoms with Crippen molar-refractivity contribution in [3.8, 4) is 50.9 Å². The number of imidazole rings is 4. The van der Waals surface area contributed by atoms with Crippen LogP contribution in [0.4, 0.5) is 47.6 Å². The summed E-state index contributed by atoms with van der Waals surface area (Å²) in [6.07, 6.45) is 24.0. The second kappa shape index (κ2) is 33.4. The standard InChI is InChI=1S/C21H22N8O.C19H24N8O2.C18H22N8O.C17H22N8O2/c1-14(15-5-3-2-4-6-15)29-13-25-18-17(16-11-23-20(22)24-12-16)26-21(27-19(18)29)28-7-9-30-10-8-28;1-11(12-3-4-12)27-10-22-15-14(13-9-21-18(20)25-17(13)28-2)23-19(24-16(15)27)26-5-7-29-8-6-26;1-11(12-2-3-12)26-10-22-15-14(13-8-20-17(19)21-9-13)23-18(24-16(15)26)25-4-6-27-7-5-25;1-11(9-26-2)25-10-21-14-13(12-7-19-16(18)20-8-12)22-17(23-15(14)25)24-3-5-27-6-4-24/h2-6,11-14H,7-10H2,1H3,(H2,22,23,24);9-12H,3-8H2,1-2H3,(H2,20,21,25);8-12H,2-7H2,1H3,(H2,19,20,21);7-8,10-11H,3-6,9H2,1-2H3,(H2,18,19,20). The number of aromatic nitrogens is 24. The van der Waals surface area contributed by atoms with E-state index in [9.17, 15) is 0 Å². The summed E-state index contributed by atoms with van der Waals surface area (Å²) in [7, 11) is 3.24. The molecule has 38 heteroatoms. The summed E-state index contributed by atoms with van der Waals surface area (Å²) in [4.78, 5) is 98.9. The Morgan fingerprint density at radius 3 is 1.07 bits per heavy atom. The van der Waals surface area contributed by atoms with Gasteiger partial charge in [0, 0.05) is 132 Å². The molecule has 2 aliphatic carbocycles. The molecule has 19 rings (SSSR count). The molecule has 586 valence electrons. The zero-order valence-electron chi connectivity index (χ0n) is 63.8. The molecule has 8 N–H and O–H groups in total. The van der Waals surface area contributed by atoms with Crippen molar-refractivity contribution in [1.29, 1.82) is 0 Å². The average molecular weight is 1540 g/mol. The van der Waals surface area contributed by atoms with Crippen LogP contribution in [0.2, 0.25) is 0 Å². The van der Waals surface area contributed by atoms with Gasteiger partial charge in [0.15, 0.2) is 22.6 Å². The summed E-state index contributed by atoms with van der Waals surface area (Å²) in [6.45, 7) is 20.5. The highest BCUT2D eigenvalue weighted by Gasteiger charge is 2.34. The number of fused-ring (bicyclic) bond motifs is 4. The fourth-order valence-electron chi connectivity index (χ4n) is 14.1. The van der Waals surface area contributed by atoms with Crippen LogP contribution in [0, 0.1) is 11.8 Å².